The lowest BCUT2D eigenvalue weighted by Gasteiger charge is -2.18. The summed E-state index contributed by atoms with van der Waals surface area (Å²) in [4.78, 5) is 22.3. The minimum Gasteiger partial charge on any atom is -0.398 e. The van der Waals surface area contributed by atoms with Gasteiger partial charge < -0.3 is 15.4 Å². The summed E-state index contributed by atoms with van der Waals surface area (Å²) >= 11 is 0. The molecular formula is C24H27N3O3. The molecule has 2 aromatic rings. The van der Waals surface area contributed by atoms with Crippen molar-refractivity contribution in [3.05, 3.63) is 71.3 Å². The lowest BCUT2D eigenvalue weighted by Crippen LogP contribution is -2.25. The molecule has 2 unspecified atom stereocenters. The van der Waals surface area contributed by atoms with E-state index < -0.39 is 5.91 Å². The van der Waals surface area contributed by atoms with Crippen LogP contribution in [0.5, 0.6) is 0 Å². The highest BCUT2D eigenvalue weighted by atomic mass is 16.6. The van der Waals surface area contributed by atoms with Crippen LogP contribution >= 0.6 is 0 Å². The molecule has 156 valence electrons. The Balaban J connectivity index is 1.54. The zero-order valence-electron chi connectivity index (χ0n) is 17.4. The van der Waals surface area contributed by atoms with Crippen LogP contribution in [0.25, 0.3) is 0 Å². The summed E-state index contributed by atoms with van der Waals surface area (Å²) in [5.74, 6) is 0.798. The van der Waals surface area contributed by atoms with Crippen molar-refractivity contribution < 1.29 is 14.5 Å². The highest BCUT2D eigenvalue weighted by molar-refractivity contribution is 6.45. The van der Waals surface area contributed by atoms with E-state index in [1.807, 2.05) is 24.3 Å². The van der Waals surface area contributed by atoms with Crippen molar-refractivity contribution in [2.75, 3.05) is 7.11 Å². The first-order valence-electron chi connectivity index (χ1n) is 10.3. The second-order valence-corrected chi connectivity index (χ2v) is 8.08. The molecule has 2 N–H and O–H groups in total. The van der Waals surface area contributed by atoms with Crippen molar-refractivity contribution in [2.45, 2.75) is 38.2 Å². The number of oxime groups is 2. The average Bonchev–Trinajstić information content (AvgIpc) is 3.66. The maximum absolute atomic E-state index is 11.8. The molecular weight excluding hydrogens is 378 g/mol. The molecule has 2 saturated carbocycles. The quantitative estimate of drug-likeness (QED) is 0.509. The van der Waals surface area contributed by atoms with Crippen LogP contribution in [0, 0.1) is 11.8 Å². The third kappa shape index (κ3) is 3.82. The summed E-state index contributed by atoms with van der Waals surface area (Å²) in [7, 11) is 1.38. The largest absolute Gasteiger partial charge is 0.398 e. The fourth-order valence-electron chi connectivity index (χ4n) is 4.52. The topological polar surface area (TPSA) is 86.3 Å². The number of amides is 1. The van der Waals surface area contributed by atoms with Gasteiger partial charge in [-0.25, -0.2) is 0 Å². The highest BCUT2D eigenvalue weighted by Crippen LogP contribution is 2.64. The van der Waals surface area contributed by atoms with Gasteiger partial charge in [0, 0.05) is 16.5 Å². The Hall–Kier alpha value is -3.15. The van der Waals surface area contributed by atoms with Gasteiger partial charge in [0.1, 0.15) is 13.7 Å². The zero-order valence-corrected chi connectivity index (χ0v) is 17.4. The molecule has 2 fully saturated rings. The highest BCUT2D eigenvalue weighted by Gasteiger charge is 2.62. The van der Waals surface area contributed by atoms with Gasteiger partial charge in [0.25, 0.3) is 5.91 Å². The molecule has 0 bridgehead atoms. The van der Waals surface area contributed by atoms with Crippen molar-refractivity contribution in [2.24, 2.45) is 27.9 Å². The smallest absolute Gasteiger partial charge is 0.271 e. The van der Waals surface area contributed by atoms with Gasteiger partial charge in [-0.2, -0.15) is 0 Å². The zero-order chi connectivity index (χ0) is 21.1. The van der Waals surface area contributed by atoms with E-state index in [1.54, 1.807) is 6.07 Å². The number of primary amides is 1. The van der Waals surface area contributed by atoms with Gasteiger partial charge in [0.15, 0.2) is 5.71 Å². The number of carbonyl (C=O) groups is 1. The number of nitrogens with zero attached hydrogens (tertiary/aromatic N) is 2. The van der Waals surface area contributed by atoms with E-state index in [-0.39, 0.29) is 17.7 Å². The number of hydrogen-bond donors (Lipinski definition) is 1. The molecule has 2 aliphatic carbocycles. The van der Waals surface area contributed by atoms with Gasteiger partial charge in [-0.1, -0.05) is 64.9 Å². The number of hydrogen-bond acceptors (Lipinski definition) is 5. The molecule has 6 heteroatoms. The van der Waals surface area contributed by atoms with E-state index in [4.69, 9.17) is 15.4 Å². The number of carbonyl (C=O) groups excluding carboxylic acids is 1. The first-order chi connectivity index (χ1) is 14.6. The Bertz CT molecular complexity index is 982. The SMILES string of the molecule is CON=C(C(N)=O)c1ccccc1CON=C(C)C1(c2ccccc2)CC1C1CC1. The van der Waals surface area contributed by atoms with Crippen LogP contribution in [0.2, 0.25) is 0 Å². The molecule has 0 saturated heterocycles. The second-order valence-electron chi connectivity index (χ2n) is 8.08. The van der Waals surface area contributed by atoms with Crippen molar-refractivity contribution in [3.8, 4) is 0 Å². The normalized spacial score (nSPS) is 23.7. The van der Waals surface area contributed by atoms with Crippen molar-refractivity contribution in [1.29, 1.82) is 0 Å². The molecule has 4 rings (SSSR count). The summed E-state index contributed by atoms with van der Waals surface area (Å²) in [6, 6.07) is 17.9. The molecule has 2 aliphatic rings. The molecule has 0 spiro atoms. The minimum absolute atomic E-state index is 0.0160. The fourth-order valence-corrected chi connectivity index (χ4v) is 4.52. The summed E-state index contributed by atoms with van der Waals surface area (Å²) in [6.45, 7) is 2.27. The Kier molecular flexibility index (Phi) is 5.57. The Labute approximate surface area is 176 Å². The number of benzene rings is 2. The van der Waals surface area contributed by atoms with Crippen LogP contribution in [0.15, 0.2) is 64.9 Å². The van der Waals surface area contributed by atoms with Crippen LogP contribution < -0.4 is 5.73 Å². The van der Waals surface area contributed by atoms with E-state index in [9.17, 15) is 4.79 Å². The molecule has 0 radical (unpaired) electrons. The van der Waals surface area contributed by atoms with E-state index in [0.717, 1.165) is 23.6 Å². The van der Waals surface area contributed by atoms with Gasteiger partial charge in [0.05, 0.1) is 5.71 Å². The average molecular weight is 405 g/mol. The lowest BCUT2D eigenvalue weighted by atomic mass is 9.87. The van der Waals surface area contributed by atoms with Crippen LogP contribution in [0.3, 0.4) is 0 Å². The Morgan fingerprint density at radius 2 is 1.80 bits per heavy atom. The molecule has 30 heavy (non-hydrogen) atoms. The van der Waals surface area contributed by atoms with E-state index in [0.29, 0.717) is 11.5 Å². The van der Waals surface area contributed by atoms with Crippen LogP contribution in [0.4, 0.5) is 0 Å². The first kappa shape index (κ1) is 20.1. The summed E-state index contributed by atoms with van der Waals surface area (Å²) in [5.41, 5.74) is 9.18. The fraction of sp³-hybridized carbons (Fsp3) is 0.375. The molecule has 6 nitrogen and oxygen atoms in total. The summed E-state index contributed by atoms with van der Waals surface area (Å²) < 4.78 is 0. The van der Waals surface area contributed by atoms with Gasteiger partial charge in [-0.3, -0.25) is 4.79 Å². The van der Waals surface area contributed by atoms with E-state index in [2.05, 4.69) is 41.5 Å². The molecule has 2 aromatic carbocycles. The van der Waals surface area contributed by atoms with E-state index in [1.165, 1.54) is 25.5 Å². The molecule has 1 amide bonds. The van der Waals surface area contributed by atoms with Crippen LogP contribution in [-0.2, 0) is 26.5 Å². The predicted octanol–water partition coefficient (Wildman–Crippen LogP) is 3.78. The third-order valence-corrected chi connectivity index (χ3v) is 6.25. The standard InChI is InChI=1S/C24H27N3O3/c1-16(24(14-21(24)17-12-13-17)19-9-4-3-5-10-19)26-30-15-18-8-6-7-11-20(18)22(23(25)28)27-29-2/h3-11,17,21H,12-15H2,1-2H3,(H2,25,28). The molecule has 0 aliphatic heterocycles. The van der Waals surface area contributed by atoms with Crippen LogP contribution in [0.1, 0.15) is 42.9 Å². The van der Waals surface area contributed by atoms with Crippen molar-refractivity contribution >= 4 is 17.3 Å². The maximum Gasteiger partial charge on any atom is 0.271 e. The molecule has 0 heterocycles. The maximum atomic E-state index is 11.8. The van der Waals surface area contributed by atoms with Gasteiger partial charge in [-0.15, -0.1) is 0 Å². The summed E-state index contributed by atoms with van der Waals surface area (Å²) in [5, 5.41) is 8.28. The summed E-state index contributed by atoms with van der Waals surface area (Å²) in [6.07, 6.45) is 3.76. The third-order valence-electron chi connectivity index (χ3n) is 6.25. The number of nitrogens with two attached hydrogens (primary N) is 1. The van der Waals surface area contributed by atoms with E-state index >= 15 is 0 Å². The minimum atomic E-state index is -0.655. The Morgan fingerprint density at radius 1 is 1.10 bits per heavy atom. The lowest BCUT2D eigenvalue weighted by molar-refractivity contribution is -0.112. The van der Waals surface area contributed by atoms with Gasteiger partial charge in [0.2, 0.25) is 0 Å². The second kappa shape index (κ2) is 8.30. The van der Waals surface area contributed by atoms with Gasteiger partial charge in [-0.05, 0) is 43.6 Å². The monoisotopic (exact) mass is 405 g/mol. The van der Waals surface area contributed by atoms with Gasteiger partial charge >= 0.3 is 0 Å². The molecule has 0 aromatic heterocycles. The predicted molar refractivity (Wildman–Crippen MR) is 116 cm³/mol. The first-order valence-corrected chi connectivity index (χ1v) is 10.3. The van der Waals surface area contributed by atoms with Crippen molar-refractivity contribution in [3.63, 3.8) is 0 Å². The van der Waals surface area contributed by atoms with Crippen LogP contribution in [-0.4, -0.2) is 24.4 Å². The molecule has 2 atom stereocenters. The van der Waals surface area contributed by atoms with Crippen molar-refractivity contribution in [1.82, 2.24) is 0 Å². The number of rotatable bonds is 9. The Morgan fingerprint density at radius 3 is 2.47 bits per heavy atom.